The average molecular weight is 483 g/mol. The number of hydrogen-bond donors (Lipinski definition) is 0. The molecule has 1 fully saturated rings. The van der Waals surface area contributed by atoms with Crippen molar-refractivity contribution < 1.29 is 23.8 Å². The molecular formula is C28H38N2O5. The molecule has 0 saturated carbocycles. The molecule has 0 radical (unpaired) electrons. The minimum Gasteiger partial charge on any atom is -0.497 e. The minimum absolute atomic E-state index is 0.0880. The maximum absolute atomic E-state index is 12.7. The van der Waals surface area contributed by atoms with Gasteiger partial charge in [0, 0.05) is 38.6 Å². The lowest BCUT2D eigenvalue weighted by molar-refractivity contribution is -0.137. The molecule has 2 atom stereocenters. The van der Waals surface area contributed by atoms with Gasteiger partial charge in [-0.2, -0.15) is 0 Å². The summed E-state index contributed by atoms with van der Waals surface area (Å²) in [5.41, 5.74) is 2.54. The first-order valence-electron chi connectivity index (χ1n) is 12.4. The molecule has 1 aliphatic rings. The summed E-state index contributed by atoms with van der Waals surface area (Å²) in [4.78, 5) is 28.8. The van der Waals surface area contributed by atoms with Crippen molar-refractivity contribution in [1.29, 1.82) is 0 Å². The van der Waals surface area contributed by atoms with Crippen LogP contribution in [-0.2, 0) is 20.9 Å². The Kier molecular flexibility index (Phi) is 10.1. The number of benzene rings is 2. The molecule has 190 valence electrons. The summed E-state index contributed by atoms with van der Waals surface area (Å²) in [6.45, 7) is 8.41. The fraction of sp³-hybridized carbons (Fsp3) is 0.500. The topological polar surface area (TPSA) is 68.3 Å². The third-order valence-corrected chi connectivity index (χ3v) is 6.54. The van der Waals surface area contributed by atoms with Crippen LogP contribution in [0.3, 0.4) is 0 Å². The van der Waals surface area contributed by atoms with Gasteiger partial charge in [-0.15, -0.1) is 0 Å². The lowest BCUT2D eigenvalue weighted by Crippen LogP contribution is -2.50. The number of rotatable bonds is 11. The van der Waals surface area contributed by atoms with Crippen LogP contribution in [0.25, 0.3) is 0 Å². The van der Waals surface area contributed by atoms with Gasteiger partial charge in [0.1, 0.15) is 5.75 Å². The monoisotopic (exact) mass is 482 g/mol. The van der Waals surface area contributed by atoms with E-state index in [-0.39, 0.29) is 23.9 Å². The fourth-order valence-electron chi connectivity index (χ4n) is 4.40. The van der Waals surface area contributed by atoms with Crippen LogP contribution in [0.15, 0.2) is 48.5 Å². The van der Waals surface area contributed by atoms with Crippen LogP contribution in [0.4, 0.5) is 0 Å². The van der Waals surface area contributed by atoms with Crippen LogP contribution >= 0.6 is 0 Å². The van der Waals surface area contributed by atoms with Gasteiger partial charge in [0.25, 0.3) is 0 Å². The molecule has 1 heterocycles. The first-order chi connectivity index (χ1) is 16.9. The smallest absolute Gasteiger partial charge is 0.337 e. The van der Waals surface area contributed by atoms with Crippen LogP contribution in [0, 0.1) is 5.92 Å². The van der Waals surface area contributed by atoms with Gasteiger partial charge >= 0.3 is 5.97 Å². The number of methoxy groups -OCH3 is 2. The van der Waals surface area contributed by atoms with Gasteiger partial charge in [-0.25, -0.2) is 4.79 Å². The van der Waals surface area contributed by atoms with Gasteiger partial charge in [-0.1, -0.05) is 44.5 Å². The number of piperazine rings is 1. The molecule has 1 saturated heterocycles. The quantitative estimate of drug-likeness (QED) is 0.445. The summed E-state index contributed by atoms with van der Waals surface area (Å²) < 4.78 is 16.6. The maximum atomic E-state index is 12.7. The zero-order valence-corrected chi connectivity index (χ0v) is 21.4. The Balaban J connectivity index is 1.64. The standard InChI is InChI=1S/C28H38N2O5/c1-5-7-21(2)27(31)30-16-14-29(15-17-30)19-26(24-8-6-9-25(18-24)33-3)35-20-22-10-12-23(13-11-22)28(32)34-4/h6,8-13,18,21,26H,5,7,14-17,19-20H2,1-4H3/t21-,26+/m0/s1. The Morgan fingerprint density at radius 1 is 1.00 bits per heavy atom. The molecule has 3 rings (SSSR count). The number of carbonyl (C=O) groups is 2. The van der Waals surface area contributed by atoms with E-state index in [2.05, 4.69) is 17.9 Å². The van der Waals surface area contributed by atoms with Gasteiger partial charge in [0.05, 0.1) is 32.5 Å². The molecule has 0 aromatic heterocycles. The van der Waals surface area contributed by atoms with Gasteiger partial charge in [0.15, 0.2) is 0 Å². The molecule has 7 heteroatoms. The van der Waals surface area contributed by atoms with Crippen LogP contribution < -0.4 is 4.74 Å². The van der Waals surface area contributed by atoms with Crippen LogP contribution in [0.2, 0.25) is 0 Å². The van der Waals surface area contributed by atoms with E-state index >= 15 is 0 Å². The van der Waals surface area contributed by atoms with E-state index in [1.807, 2.05) is 42.2 Å². The average Bonchev–Trinajstić information content (AvgIpc) is 2.91. The van der Waals surface area contributed by atoms with Crippen molar-refractivity contribution in [2.45, 2.75) is 39.4 Å². The normalized spacial score (nSPS) is 15.9. The molecule has 0 bridgehead atoms. The van der Waals surface area contributed by atoms with Gasteiger partial charge in [-0.3, -0.25) is 9.69 Å². The molecule has 0 N–H and O–H groups in total. The van der Waals surface area contributed by atoms with Crippen molar-refractivity contribution in [2.24, 2.45) is 5.92 Å². The highest BCUT2D eigenvalue weighted by atomic mass is 16.5. The second-order valence-corrected chi connectivity index (χ2v) is 9.08. The van der Waals surface area contributed by atoms with Crippen LogP contribution in [0.5, 0.6) is 5.75 Å². The van der Waals surface area contributed by atoms with Crippen molar-refractivity contribution in [2.75, 3.05) is 46.9 Å². The van der Waals surface area contributed by atoms with E-state index in [0.29, 0.717) is 12.2 Å². The third kappa shape index (κ3) is 7.54. The largest absolute Gasteiger partial charge is 0.497 e. The first kappa shape index (κ1) is 26.7. The predicted octanol–water partition coefficient (Wildman–Crippen LogP) is 4.32. The highest BCUT2D eigenvalue weighted by molar-refractivity contribution is 5.89. The summed E-state index contributed by atoms with van der Waals surface area (Å²) in [6.07, 6.45) is 1.80. The molecule has 7 nitrogen and oxygen atoms in total. The maximum Gasteiger partial charge on any atom is 0.337 e. The summed E-state index contributed by atoms with van der Waals surface area (Å²) in [7, 11) is 3.03. The number of ether oxygens (including phenoxy) is 3. The van der Waals surface area contributed by atoms with E-state index in [1.54, 1.807) is 19.2 Å². The molecule has 2 aromatic rings. The number of nitrogens with zero attached hydrogens (tertiary/aromatic N) is 2. The fourth-order valence-corrected chi connectivity index (χ4v) is 4.40. The van der Waals surface area contributed by atoms with E-state index in [4.69, 9.17) is 14.2 Å². The Labute approximate surface area is 209 Å². The lowest BCUT2D eigenvalue weighted by Gasteiger charge is -2.37. The van der Waals surface area contributed by atoms with Crippen molar-refractivity contribution in [3.05, 3.63) is 65.2 Å². The van der Waals surface area contributed by atoms with Crippen LogP contribution in [-0.4, -0.2) is 68.6 Å². The minimum atomic E-state index is -0.353. The van der Waals surface area contributed by atoms with Gasteiger partial charge in [-0.05, 0) is 41.8 Å². The van der Waals surface area contributed by atoms with E-state index in [1.165, 1.54) is 7.11 Å². The second-order valence-electron chi connectivity index (χ2n) is 9.08. The molecule has 0 spiro atoms. The number of hydrogen-bond acceptors (Lipinski definition) is 6. The highest BCUT2D eigenvalue weighted by Gasteiger charge is 2.26. The van der Waals surface area contributed by atoms with Crippen molar-refractivity contribution in [3.8, 4) is 5.75 Å². The number of amides is 1. The van der Waals surface area contributed by atoms with Gasteiger partial charge < -0.3 is 19.1 Å². The Hall–Kier alpha value is -2.90. The highest BCUT2D eigenvalue weighted by Crippen LogP contribution is 2.25. The van der Waals surface area contributed by atoms with Gasteiger partial charge in [0.2, 0.25) is 5.91 Å². The molecule has 0 aliphatic carbocycles. The van der Waals surface area contributed by atoms with E-state index in [9.17, 15) is 9.59 Å². The third-order valence-electron chi connectivity index (χ3n) is 6.54. The summed E-state index contributed by atoms with van der Waals surface area (Å²) >= 11 is 0. The van der Waals surface area contributed by atoms with E-state index in [0.717, 1.165) is 62.4 Å². The predicted molar refractivity (Wildman–Crippen MR) is 135 cm³/mol. The second kappa shape index (κ2) is 13.3. The number of esters is 1. The first-order valence-corrected chi connectivity index (χ1v) is 12.4. The summed E-state index contributed by atoms with van der Waals surface area (Å²) in [5, 5.41) is 0. The molecule has 0 unspecified atom stereocenters. The molecule has 2 aromatic carbocycles. The molecule has 1 amide bonds. The Morgan fingerprint density at radius 3 is 2.34 bits per heavy atom. The zero-order chi connectivity index (χ0) is 25.2. The number of carbonyl (C=O) groups excluding carboxylic acids is 2. The van der Waals surface area contributed by atoms with Crippen molar-refractivity contribution in [1.82, 2.24) is 9.80 Å². The molecule has 1 aliphatic heterocycles. The summed E-state index contributed by atoms with van der Waals surface area (Å²) in [5.74, 6) is 0.791. The van der Waals surface area contributed by atoms with Crippen molar-refractivity contribution >= 4 is 11.9 Å². The molecule has 35 heavy (non-hydrogen) atoms. The Morgan fingerprint density at radius 2 is 1.71 bits per heavy atom. The lowest BCUT2D eigenvalue weighted by atomic mass is 10.0. The molecular weight excluding hydrogens is 444 g/mol. The zero-order valence-electron chi connectivity index (χ0n) is 21.4. The van der Waals surface area contributed by atoms with E-state index < -0.39 is 0 Å². The summed E-state index contributed by atoms with van der Waals surface area (Å²) in [6, 6.07) is 15.2. The van der Waals surface area contributed by atoms with Crippen molar-refractivity contribution in [3.63, 3.8) is 0 Å². The van der Waals surface area contributed by atoms with Crippen LogP contribution in [0.1, 0.15) is 54.3 Å². The SMILES string of the molecule is CCC[C@H](C)C(=O)N1CCN(C[C@@H](OCc2ccc(C(=O)OC)cc2)c2cccc(OC)c2)CC1. The Bertz CT molecular complexity index is 954.